The van der Waals surface area contributed by atoms with Gasteiger partial charge in [-0.3, -0.25) is 4.79 Å². The first kappa shape index (κ1) is 15.8. The van der Waals surface area contributed by atoms with E-state index in [4.69, 9.17) is 0 Å². The van der Waals surface area contributed by atoms with Crippen LogP contribution in [0.1, 0.15) is 45.7 Å². The van der Waals surface area contributed by atoms with E-state index in [0.717, 1.165) is 16.5 Å². The van der Waals surface area contributed by atoms with Crippen LogP contribution in [0.2, 0.25) is 0 Å². The monoisotopic (exact) mass is 312 g/mol. The average Bonchev–Trinajstić information content (AvgIpc) is 2.80. The van der Waals surface area contributed by atoms with Gasteiger partial charge in [-0.1, -0.05) is 38.5 Å². The van der Waals surface area contributed by atoms with Crippen LogP contribution in [0.5, 0.6) is 0 Å². The molecule has 1 aromatic rings. The van der Waals surface area contributed by atoms with Gasteiger partial charge in [-0.15, -0.1) is 11.3 Å². The largest absolute Gasteiger partial charge is 0.352 e. The number of hydrogen-bond donors (Lipinski definition) is 1. The Morgan fingerprint density at radius 2 is 2.25 bits per heavy atom. The van der Waals surface area contributed by atoms with Crippen molar-refractivity contribution in [3.8, 4) is 0 Å². The molecule has 112 valence electrons. The molecular formula is C15H24N2OS2. The predicted octanol–water partition coefficient (Wildman–Crippen LogP) is 3.87. The summed E-state index contributed by atoms with van der Waals surface area (Å²) in [7, 11) is 0. The highest BCUT2D eigenvalue weighted by Gasteiger charge is 2.29. The summed E-state index contributed by atoms with van der Waals surface area (Å²) in [5.41, 5.74) is 1.03. The van der Waals surface area contributed by atoms with Crippen molar-refractivity contribution in [3.05, 3.63) is 11.1 Å². The second kappa shape index (κ2) is 6.94. The molecule has 1 aliphatic rings. The van der Waals surface area contributed by atoms with Gasteiger partial charge >= 0.3 is 0 Å². The number of aromatic nitrogens is 1. The summed E-state index contributed by atoms with van der Waals surface area (Å²) >= 11 is 3.17. The van der Waals surface area contributed by atoms with Crippen molar-refractivity contribution in [1.29, 1.82) is 0 Å². The van der Waals surface area contributed by atoms with Crippen LogP contribution < -0.4 is 5.32 Å². The highest BCUT2D eigenvalue weighted by Crippen LogP contribution is 2.31. The molecule has 1 saturated carbocycles. The smallest absolute Gasteiger partial charge is 0.233 e. The number of nitrogens with one attached hydrogen (secondary N) is 1. The lowest BCUT2D eigenvalue weighted by Crippen LogP contribution is -2.46. The number of hydrogen-bond acceptors (Lipinski definition) is 4. The lowest BCUT2D eigenvalue weighted by Gasteiger charge is -2.35. The molecule has 4 unspecified atom stereocenters. The quantitative estimate of drug-likeness (QED) is 0.858. The van der Waals surface area contributed by atoms with E-state index in [0.29, 0.717) is 17.9 Å². The fourth-order valence-electron chi connectivity index (χ4n) is 2.68. The minimum absolute atomic E-state index is 0.0787. The predicted molar refractivity (Wildman–Crippen MR) is 86.3 cm³/mol. The van der Waals surface area contributed by atoms with E-state index in [1.165, 1.54) is 12.8 Å². The van der Waals surface area contributed by atoms with Crippen molar-refractivity contribution in [2.75, 3.05) is 0 Å². The molecular weight excluding hydrogens is 288 g/mol. The Kier molecular flexibility index (Phi) is 5.49. The van der Waals surface area contributed by atoms with Gasteiger partial charge in [-0.05, 0) is 32.1 Å². The molecule has 0 bridgehead atoms. The molecule has 0 aromatic carbocycles. The number of carbonyl (C=O) groups is 1. The molecule has 0 radical (unpaired) electrons. The van der Waals surface area contributed by atoms with Gasteiger partial charge in [0, 0.05) is 17.1 Å². The third-order valence-corrected chi connectivity index (χ3v) is 6.47. The normalized spacial score (nSPS) is 28.1. The topological polar surface area (TPSA) is 42.0 Å². The Hall–Kier alpha value is -0.550. The van der Waals surface area contributed by atoms with Crippen molar-refractivity contribution in [1.82, 2.24) is 10.3 Å². The molecule has 5 heteroatoms. The van der Waals surface area contributed by atoms with Crippen molar-refractivity contribution < 1.29 is 4.79 Å². The molecule has 1 aliphatic carbocycles. The maximum Gasteiger partial charge on any atom is 0.233 e. The van der Waals surface area contributed by atoms with Crippen LogP contribution in [-0.4, -0.2) is 22.2 Å². The number of amides is 1. The Morgan fingerprint density at radius 1 is 1.50 bits per heavy atom. The Morgan fingerprint density at radius 3 is 2.90 bits per heavy atom. The first-order chi connectivity index (χ1) is 9.47. The van der Waals surface area contributed by atoms with Crippen LogP contribution in [0.15, 0.2) is 9.72 Å². The molecule has 1 fully saturated rings. The molecule has 1 heterocycles. The standard InChI is InChI=1S/C15H24N2OS2/c1-9-6-5-7-13(11(9)3)17-14(18)12(4)20-15-16-10(2)8-19-15/h8-9,11-13H,5-7H2,1-4H3,(H,17,18). The van der Waals surface area contributed by atoms with Gasteiger partial charge in [0.15, 0.2) is 4.34 Å². The molecule has 20 heavy (non-hydrogen) atoms. The van der Waals surface area contributed by atoms with Crippen LogP contribution in [-0.2, 0) is 4.79 Å². The van der Waals surface area contributed by atoms with Crippen LogP contribution in [0.3, 0.4) is 0 Å². The Balaban J connectivity index is 1.87. The number of thioether (sulfide) groups is 1. The van der Waals surface area contributed by atoms with Crippen molar-refractivity contribution >= 4 is 29.0 Å². The second-order valence-electron chi connectivity index (χ2n) is 5.90. The summed E-state index contributed by atoms with van der Waals surface area (Å²) in [6.45, 7) is 8.50. The molecule has 4 atom stereocenters. The first-order valence-electron chi connectivity index (χ1n) is 7.36. The Labute approximate surface area is 129 Å². The van der Waals surface area contributed by atoms with Gasteiger partial charge < -0.3 is 5.32 Å². The second-order valence-corrected chi connectivity index (χ2v) is 8.34. The van der Waals surface area contributed by atoms with Crippen LogP contribution in [0.4, 0.5) is 0 Å². The molecule has 0 saturated heterocycles. The number of aryl methyl sites for hydroxylation is 1. The molecule has 1 amide bonds. The fraction of sp³-hybridized carbons (Fsp3) is 0.733. The highest BCUT2D eigenvalue weighted by atomic mass is 32.2. The number of nitrogens with zero attached hydrogens (tertiary/aromatic N) is 1. The van der Waals surface area contributed by atoms with Gasteiger partial charge in [0.25, 0.3) is 0 Å². The highest BCUT2D eigenvalue weighted by molar-refractivity contribution is 8.02. The zero-order valence-corrected chi connectivity index (χ0v) is 14.3. The van der Waals surface area contributed by atoms with E-state index < -0.39 is 0 Å². The summed E-state index contributed by atoms with van der Waals surface area (Å²) in [6, 6.07) is 0.340. The van der Waals surface area contributed by atoms with E-state index in [-0.39, 0.29) is 11.2 Å². The van der Waals surface area contributed by atoms with Crippen molar-refractivity contribution in [2.45, 2.75) is 62.6 Å². The Bertz CT molecular complexity index is 460. The summed E-state index contributed by atoms with van der Waals surface area (Å²) < 4.78 is 0.982. The van der Waals surface area contributed by atoms with E-state index in [2.05, 4.69) is 24.1 Å². The molecule has 1 N–H and O–H groups in total. The SMILES string of the molecule is Cc1csc(SC(C)C(=O)NC2CCCC(C)C2C)n1. The van der Waals surface area contributed by atoms with Crippen LogP contribution in [0, 0.1) is 18.8 Å². The third kappa shape index (κ3) is 3.98. The lowest BCUT2D eigenvalue weighted by molar-refractivity contribution is -0.121. The van der Waals surface area contributed by atoms with Gasteiger partial charge in [0.2, 0.25) is 5.91 Å². The minimum atomic E-state index is -0.0787. The summed E-state index contributed by atoms with van der Waals surface area (Å²) in [4.78, 5) is 16.7. The summed E-state index contributed by atoms with van der Waals surface area (Å²) in [5.74, 6) is 1.43. The van der Waals surface area contributed by atoms with E-state index >= 15 is 0 Å². The fourth-order valence-corrected chi connectivity index (χ4v) is 4.67. The van der Waals surface area contributed by atoms with Gasteiger partial charge in [0.05, 0.1) is 5.25 Å². The van der Waals surface area contributed by atoms with Crippen LogP contribution in [0.25, 0.3) is 0 Å². The zero-order chi connectivity index (χ0) is 14.7. The molecule has 0 aliphatic heterocycles. The van der Waals surface area contributed by atoms with Gasteiger partial charge in [-0.2, -0.15) is 0 Å². The van der Waals surface area contributed by atoms with Gasteiger partial charge in [-0.25, -0.2) is 4.98 Å². The van der Waals surface area contributed by atoms with Crippen molar-refractivity contribution in [2.24, 2.45) is 11.8 Å². The van der Waals surface area contributed by atoms with Gasteiger partial charge in [0.1, 0.15) is 0 Å². The van der Waals surface area contributed by atoms with E-state index in [1.807, 2.05) is 19.2 Å². The van der Waals surface area contributed by atoms with E-state index in [9.17, 15) is 4.79 Å². The van der Waals surface area contributed by atoms with Crippen LogP contribution >= 0.6 is 23.1 Å². The maximum absolute atomic E-state index is 12.3. The minimum Gasteiger partial charge on any atom is -0.352 e. The zero-order valence-electron chi connectivity index (χ0n) is 12.7. The number of thiazole rings is 1. The number of rotatable bonds is 4. The summed E-state index contributed by atoms with van der Waals surface area (Å²) in [6.07, 6.45) is 3.63. The third-order valence-electron chi connectivity index (χ3n) is 4.28. The molecule has 3 nitrogen and oxygen atoms in total. The average molecular weight is 313 g/mol. The molecule has 1 aromatic heterocycles. The number of carbonyl (C=O) groups excluding carboxylic acids is 1. The van der Waals surface area contributed by atoms with Crippen molar-refractivity contribution in [3.63, 3.8) is 0 Å². The summed E-state index contributed by atoms with van der Waals surface area (Å²) in [5, 5.41) is 5.19. The molecule has 0 spiro atoms. The van der Waals surface area contributed by atoms with E-state index in [1.54, 1.807) is 23.1 Å². The molecule has 2 rings (SSSR count). The maximum atomic E-state index is 12.3. The first-order valence-corrected chi connectivity index (χ1v) is 9.12. The lowest BCUT2D eigenvalue weighted by atomic mass is 9.78.